The molecule has 0 aliphatic heterocycles. The molecule has 0 radical (unpaired) electrons. The molecule has 1 amide bonds. The summed E-state index contributed by atoms with van der Waals surface area (Å²) in [5, 5.41) is 13.3. The maximum Gasteiger partial charge on any atom is 0.407 e. The third-order valence-corrected chi connectivity index (χ3v) is 2.54. The van der Waals surface area contributed by atoms with Crippen LogP contribution in [0.25, 0.3) is 0 Å². The van der Waals surface area contributed by atoms with Crippen LogP contribution in [0.2, 0.25) is 0 Å². The van der Waals surface area contributed by atoms with Crippen molar-refractivity contribution in [2.24, 2.45) is 0 Å². The van der Waals surface area contributed by atoms with E-state index >= 15 is 0 Å². The Labute approximate surface area is 133 Å². The number of alkyl carbamates (subject to hydrolysis) is 1. The maximum absolute atomic E-state index is 11.6. The van der Waals surface area contributed by atoms with Crippen molar-refractivity contribution < 1.29 is 19.2 Å². The summed E-state index contributed by atoms with van der Waals surface area (Å²) >= 11 is 0. The molecule has 9 nitrogen and oxygen atoms in total. The first-order chi connectivity index (χ1) is 10.6. The second-order valence-electron chi connectivity index (χ2n) is 6.04. The van der Waals surface area contributed by atoms with E-state index in [1.54, 1.807) is 27.7 Å². The Hall–Kier alpha value is -2.42. The average Bonchev–Trinajstić information content (AvgIpc) is 2.37. The summed E-state index contributed by atoms with van der Waals surface area (Å²) in [6, 6.07) is 0.854. The molecule has 0 spiro atoms. The summed E-state index contributed by atoms with van der Waals surface area (Å²) < 4.78 is 10.5. The van der Waals surface area contributed by atoms with Gasteiger partial charge in [-0.3, -0.25) is 14.9 Å². The standard InChI is InChI=1S/C14H21N3O6/c1-9(16-13(19)23-14(2,3)4)7-22-8-10-5-11(17(20)21)12(18)15-6-10/h5-6,9H,7-8H2,1-4H3,(H,15,18)(H,16,19)/t9-/m1/s1. The summed E-state index contributed by atoms with van der Waals surface area (Å²) in [6.45, 7) is 7.27. The highest BCUT2D eigenvalue weighted by Gasteiger charge is 2.18. The molecule has 2 N–H and O–H groups in total. The van der Waals surface area contributed by atoms with Gasteiger partial charge < -0.3 is 19.8 Å². The van der Waals surface area contributed by atoms with Crippen molar-refractivity contribution in [3.63, 3.8) is 0 Å². The lowest BCUT2D eigenvalue weighted by atomic mass is 10.2. The van der Waals surface area contributed by atoms with Crippen molar-refractivity contribution in [1.82, 2.24) is 10.3 Å². The number of nitrogens with zero attached hydrogens (tertiary/aromatic N) is 1. The molecule has 23 heavy (non-hydrogen) atoms. The van der Waals surface area contributed by atoms with Gasteiger partial charge in [-0.15, -0.1) is 0 Å². The maximum atomic E-state index is 11.6. The molecule has 0 bridgehead atoms. The van der Waals surface area contributed by atoms with E-state index in [9.17, 15) is 19.7 Å². The molecular weight excluding hydrogens is 306 g/mol. The van der Waals surface area contributed by atoms with E-state index in [-0.39, 0.29) is 19.3 Å². The first kappa shape index (κ1) is 18.6. The molecule has 0 aromatic carbocycles. The van der Waals surface area contributed by atoms with Gasteiger partial charge in [0.25, 0.3) is 0 Å². The van der Waals surface area contributed by atoms with E-state index in [4.69, 9.17) is 9.47 Å². The molecule has 1 atom stereocenters. The number of aromatic nitrogens is 1. The average molecular weight is 327 g/mol. The zero-order chi connectivity index (χ0) is 17.6. The van der Waals surface area contributed by atoms with Crippen LogP contribution >= 0.6 is 0 Å². The molecule has 0 fully saturated rings. The van der Waals surface area contributed by atoms with Crippen LogP contribution < -0.4 is 10.9 Å². The van der Waals surface area contributed by atoms with E-state index in [0.717, 1.165) is 6.07 Å². The molecule has 128 valence electrons. The molecule has 0 unspecified atom stereocenters. The lowest BCUT2D eigenvalue weighted by Gasteiger charge is -2.21. The molecule has 1 aromatic rings. The summed E-state index contributed by atoms with van der Waals surface area (Å²) in [4.78, 5) is 35.0. The first-order valence-electron chi connectivity index (χ1n) is 7.02. The molecule has 0 aliphatic rings. The van der Waals surface area contributed by atoms with Gasteiger partial charge in [-0.2, -0.15) is 0 Å². The fourth-order valence-corrected chi connectivity index (χ4v) is 1.64. The zero-order valence-electron chi connectivity index (χ0n) is 13.5. The van der Waals surface area contributed by atoms with Crippen LogP contribution in [0.1, 0.15) is 33.3 Å². The number of hydrogen-bond donors (Lipinski definition) is 2. The zero-order valence-corrected chi connectivity index (χ0v) is 13.5. The number of carbonyl (C=O) groups is 1. The van der Waals surface area contributed by atoms with Crippen LogP contribution in [-0.2, 0) is 16.1 Å². The Balaban J connectivity index is 2.45. The Morgan fingerprint density at radius 3 is 2.70 bits per heavy atom. The van der Waals surface area contributed by atoms with Crippen molar-refractivity contribution in [3.8, 4) is 0 Å². The number of aromatic amines is 1. The van der Waals surface area contributed by atoms with Gasteiger partial charge >= 0.3 is 17.3 Å². The molecule has 0 saturated heterocycles. The van der Waals surface area contributed by atoms with Crippen LogP contribution in [-0.4, -0.2) is 34.3 Å². The number of ether oxygens (including phenoxy) is 2. The number of nitrogens with one attached hydrogen (secondary N) is 2. The van der Waals surface area contributed by atoms with Crippen molar-refractivity contribution >= 4 is 11.8 Å². The molecular formula is C14H21N3O6. The third-order valence-electron chi connectivity index (χ3n) is 2.54. The molecule has 1 heterocycles. The third kappa shape index (κ3) is 6.92. The monoisotopic (exact) mass is 327 g/mol. The largest absolute Gasteiger partial charge is 0.444 e. The van der Waals surface area contributed by atoms with Crippen molar-refractivity contribution in [1.29, 1.82) is 0 Å². The second kappa shape index (κ2) is 7.73. The quantitative estimate of drug-likeness (QED) is 0.605. The fraction of sp³-hybridized carbons (Fsp3) is 0.571. The Morgan fingerprint density at radius 2 is 2.13 bits per heavy atom. The number of hydrogen-bond acceptors (Lipinski definition) is 6. The minimum absolute atomic E-state index is 0.0674. The van der Waals surface area contributed by atoms with E-state index in [1.807, 2.05) is 0 Å². The number of pyridine rings is 1. The van der Waals surface area contributed by atoms with E-state index < -0.39 is 27.9 Å². The molecule has 1 aromatic heterocycles. The van der Waals surface area contributed by atoms with Gasteiger partial charge in [0, 0.05) is 17.8 Å². The summed E-state index contributed by atoms with van der Waals surface area (Å²) in [7, 11) is 0. The van der Waals surface area contributed by atoms with Gasteiger partial charge in [0.05, 0.1) is 24.2 Å². The lowest BCUT2D eigenvalue weighted by Crippen LogP contribution is -2.39. The number of rotatable bonds is 6. The van der Waals surface area contributed by atoms with Crippen molar-refractivity contribution in [2.45, 2.75) is 45.9 Å². The van der Waals surface area contributed by atoms with Crippen LogP contribution in [0.4, 0.5) is 10.5 Å². The van der Waals surface area contributed by atoms with Crippen LogP contribution in [0.5, 0.6) is 0 Å². The van der Waals surface area contributed by atoms with Crippen molar-refractivity contribution in [3.05, 3.63) is 38.3 Å². The van der Waals surface area contributed by atoms with Gasteiger partial charge in [0.15, 0.2) is 0 Å². The number of H-pyrrole nitrogens is 1. The minimum Gasteiger partial charge on any atom is -0.444 e. The molecule has 0 saturated carbocycles. The summed E-state index contributed by atoms with van der Waals surface area (Å²) in [6.07, 6.45) is 0.801. The highest BCUT2D eigenvalue weighted by atomic mass is 16.6. The smallest absolute Gasteiger partial charge is 0.407 e. The fourth-order valence-electron chi connectivity index (χ4n) is 1.64. The predicted octanol–water partition coefficient (Wildman–Crippen LogP) is 1.71. The van der Waals surface area contributed by atoms with Crippen LogP contribution in [0.3, 0.4) is 0 Å². The first-order valence-corrected chi connectivity index (χ1v) is 7.02. The van der Waals surface area contributed by atoms with Gasteiger partial charge in [-0.05, 0) is 27.7 Å². The van der Waals surface area contributed by atoms with Crippen molar-refractivity contribution in [2.75, 3.05) is 6.61 Å². The second-order valence-corrected chi connectivity index (χ2v) is 6.04. The number of carbonyl (C=O) groups excluding carboxylic acids is 1. The van der Waals surface area contributed by atoms with E-state index in [1.165, 1.54) is 6.20 Å². The normalized spacial score (nSPS) is 12.5. The highest BCUT2D eigenvalue weighted by molar-refractivity contribution is 5.68. The summed E-state index contributed by atoms with van der Waals surface area (Å²) in [5.74, 6) is 0. The van der Waals surface area contributed by atoms with E-state index in [2.05, 4.69) is 10.3 Å². The Bertz CT molecular complexity index is 620. The predicted molar refractivity (Wildman–Crippen MR) is 82.2 cm³/mol. The Kier molecular flexibility index (Phi) is 6.26. The number of nitro groups is 1. The molecule has 0 aliphatic carbocycles. The molecule has 1 rings (SSSR count). The van der Waals surface area contributed by atoms with Gasteiger partial charge in [-0.1, -0.05) is 0 Å². The summed E-state index contributed by atoms with van der Waals surface area (Å²) in [5.41, 5.74) is -1.43. The van der Waals surface area contributed by atoms with Gasteiger partial charge in [0.2, 0.25) is 0 Å². The van der Waals surface area contributed by atoms with Crippen LogP contribution in [0.15, 0.2) is 17.1 Å². The lowest BCUT2D eigenvalue weighted by molar-refractivity contribution is -0.386. The topological polar surface area (TPSA) is 124 Å². The van der Waals surface area contributed by atoms with Gasteiger partial charge in [-0.25, -0.2) is 4.79 Å². The highest BCUT2D eigenvalue weighted by Crippen LogP contribution is 2.08. The SMILES string of the molecule is C[C@H](COCc1c[nH]c(=O)c([N+](=O)[O-])c1)NC(=O)OC(C)(C)C. The minimum atomic E-state index is -0.765. The molecule has 9 heteroatoms. The van der Waals surface area contributed by atoms with E-state index in [0.29, 0.717) is 5.56 Å². The Morgan fingerprint density at radius 1 is 1.48 bits per heavy atom. The van der Waals surface area contributed by atoms with Crippen LogP contribution in [0, 0.1) is 10.1 Å². The van der Waals surface area contributed by atoms with Gasteiger partial charge in [0.1, 0.15) is 5.60 Å². The number of amides is 1.